The number of nitrogens with zero attached hydrogens (tertiary/aromatic N) is 2. The minimum Gasteiger partial charge on any atom is -0.495 e. The van der Waals surface area contributed by atoms with E-state index < -0.39 is 10.8 Å². The molecule has 0 radical (unpaired) electrons. The van der Waals surface area contributed by atoms with Crippen molar-refractivity contribution in [3.63, 3.8) is 0 Å². The van der Waals surface area contributed by atoms with Crippen LogP contribution in [0.25, 0.3) is 10.8 Å². The Morgan fingerprint density at radius 2 is 1.57 bits per heavy atom. The molecule has 3 rings (SSSR count). The van der Waals surface area contributed by atoms with Gasteiger partial charge in [0.15, 0.2) is 11.5 Å². The van der Waals surface area contributed by atoms with Crippen LogP contribution in [0, 0.1) is 0 Å². The summed E-state index contributed by atoms with van der Waals surface area (Å²) in [7, 11) is 7.05. The maximum absolute atomic E-state index is 13.6. The number of fused-ring (bicyclic) bond motifs is 1. The van der Waals surface area contributed by atoms with Gasteiger partial charge < -0.3 is 19.2 Å². The zero-order chi connectivity index (χ0) is 21.7. The van der Waals surface area contributed by atoms with E-state index in [0.717, 1.165) is 16.3 Å². The van der Waals surface area contributed by atoms with E-state index in [9.17, 15) is 4.21 Å². The molecule has 3 aromatic carbocycles. The fourth-order valence-corrected chi connectivity index (χ4v) is 4.67. The predicted octanol–water partition coefficient (Wildman–Crippen LogP) is 3.94. The molecule has 158 valence electrons. The number of hydrazone groups is 1. The van der Waals surface area contributed by atoms with Gasteiger partial charge in [0.25, 0.3) is 0 Å². The second kappa shape index (κ2) is 9.63. The molecule has 0 aromatic heterocycles. The molecule has 0 fully saturated rings. The van der Waals surface area contributed by atoms with Crippen LogP contribution in [0.3, 0.4) is 0 Å². The van der Waals surface area contributed by atoms with Crippen molar-refractivity contribution in [2.75, 3.05) is 41.2 Å². The Balaban J connectivity index is 2.05. The standard InChI is InChI=1S/C23H26N2O4S/c1-25(2)24-19(17-11-12-20(27-3)22(14-17)29-5)15-30(26)23-18-9-7-6-8-16(18)10-13-21(23)28-4/h6-14H,15H2,1-5H3/b24-19-. The van der Waals surface area contributed by atoms with Gasteiger partial charge in [0.05, 0.1) is 48.5 Å². The summed E-state index contributed by atoms with van der Waals surface area (Å²) in [6.07, 6.45) is 0. The van der Waals surface area contributed by atoms with Crippen molar-refractivity contribution >= 4 is 27.3 Å². The van der Waals surface area contributed by atoms with Gasteiger partial charge in [-0.25, -0.2) is 0 Å². The van der Waals surface area contributed by atoms with Gasteiger partial charge in [0, 0.05) is 25.0 Å². The van der Waals surface area contributed by atoms with Crippen molar-refractivity contribution in [2.45, 2.75) is 4.90 Å². The first-order valence-corrected chi connectivity index (χ1v) is 10.7. The van der Waals surface area contributed by atoms with E-state index in [0.29, 0.717) is 27.9 Å². The highest BCUT2D eigenvalue weighted by Crippen LogP contribution is 2.32. The summed E-state index contributed by atoms with van der Waals surface area (Å²) in [4.78, 5) is 0.669. The zero-order valence-corrected chi connectivity index (χ0v) is 18.7. The molecule has 3 aromatic rings. The Morgan fingerprint density at radius 1 is 0.900 bits per heavy atom. The topological polar surface area (TPSA) is 60.4 Å². The van der Waals surface area contributed by atoms with Crippen molar-refractivity contribution in [1.82, 2.24) is 5.01 Å². The van der Waals surface area contributed by atoms with E-state index in [2.05, 4.69) is 5.10 Å². The van der Waals surface area contributed by atoms with Crippen LogP contribution in [0.15, 0.2) is 64.6 Å². The molecule has 30 heavy (non-hydrogen) atoms. The number of ether oxygens (including phenoxy) is 3. The van der Waals surface area contributed by atoms with E-state index >= 15 is 0 Å². The van der Waals surface area contributed by atoms with Crippen LogP contribution >= 0.6 is 0 Å². The molecule has 0 aliphatic carbocycles. The van der Waals surface area contributed by atoms with E-state index in [-0.39, 0.29) is 5.75 Å². The lowest BCUT2D eigenvalue weighted by Crippen LogP contribution is -2.18. The smallest absolute Gasteiger partial charge is 0.161 e. The third-order valence-corrected chi connectivity index (χ3v) is 6.01. The quantitative estimate of drug-likeness (QED) is 0.403. The third kappa shape index (κ3) is 4.57. The van der Waals surface area contributed by atoms with Crippen LogP contribution < -0.4 is 14.2 Å². The highest BCUT2D eigenvalue weighted by molar-refractivity contribution is 7.86. The van der Waals surface area contributed by atoms with Crippen LogP contribution in [0.4, 0.5) is 0 Å². The summed E-state index contributed by atoms with van der Waals surface area (Å²) in [5.74, 6) is 2.04. The Labute approximate surface area is 179 Å². The Hall–Kier alpha value is -3.06. The summed E-state index contributed by atoms with van der Waals surface area (Å²) in [6.45, 7) is 0. The Bertz CT molecular complexity index is 1100. The van der Waals surface area contributed by atoms with Crippen LogP contribution in [0.2, 0.25) is 0 Å². The molecular formula is C23H26N2O4S. The Morgan fingerprint density at radius 3 is 2.23 bits per heavy atom. The van der Waals surface area contributed by atoms with E-state index in [4.69, 9.17) is 14.2 Å². The van der Waals surface area contributed by atoms with Gasteiger partial charge in [-0.05, 0) is 29.7 Å². The fraction of sp³-hybridized carbons (Fsp3) is 0.261. The molecule has 0 aliphatic rings. The average molecular weight is 427 g/mol. The van der Waals surface area contributed by atoms with Crippen LogP contribution in [0.1, 0.15) is 5.56 Å². The highest BCUT2D eigenvalue weighted by atomic mass is 32.2. The van der Waals surface area contributed by atoms with Gasteiger partial charge >= 0.3 is 0 Å². The number of hydrogen-bond acceptors (Lipinski definition) is 6. The van der Waals surface area contributed by atoms with Crippen molar-refractivity contribution in [3.8, 4) is 17.2 Å². The van der Waals surface area contributed by atoms with Crippen molar-refractivity contribution < 1.29 is 18.4 Å². The maximum atomic E-state index is 13.6. The molecule has 0 bridgehead atoms. The summed E-state index contributed by atoms with van der Waals surface area (Å²) in [5.41, 5.74) is 1.49. The number of benzene rings is 3. The van der Waals surface area contributed by atoms with Crippen LogP contribution in [0.5, 0.6) is 17.2 Å². The van der Waals surface area contributed by atoms with Gasteiger partial charge in [-0.3, -0.25) is 4.21 Å². The molecule has 0 N–H and O–H groups in total. The summed E-state index contributed by atoms with van der Waals surface area (Å²) < 4.78 is 29.8. The van der Waals surface area contributed by atoms with E-state index in [1.807, 2.05) is 68.7 Å². The maximum Gasteiger partial charge on any atom is 0.161 e. The van der Waals surface area contributed by atoms with Gasteiger partial charge in [-0.15, -0.1) is 0 Å². The number of hydrogen-bond donors (Lipinski definition) is 0. The second-order valence-corrected chi connectivity index (χ2v) is 8.16. The minimum atomic E-state index is -1.39. The number of rotatable bonds is 8. The van der Waals surface area contributed by atoms with Gasteiger partial charge in [-0.2, -0.15) is 5.10 Å². The monoisotopic (exact) mass is 426 g/mol. The molecule has 1 unspecified atom stereocenters. The fourth-order valence-electron chi connectivity index (χ4n) is 3.24. The third-order valence-electron chi connectivity index (χ3n) is 4.60. The lowest BCUT2D eigenvalue weighted by atomic mass is 10.1. The normalized spacial score (nSPS) is 12.5. The predicted molar refractivity (Wildman–Crippen MR) is 122 cm³/mol. The zero-order valence-electron chi connectivity index (χ0n) is 17.8. The first-order valence-electron chi connectivity index (χ1n) is 9.39. The van der Waals surface area contributed by atoms with Crippen LogP contribution in [-0.2, 0) is 10.8 Å². The molecule has 0 spiro atoms. The SMILES string of the molecule is COc1ccc(/C(CS(=O)c2c(OC)ccc3ccccc23)=N\N(C)C)cc1OC. The lowest BCUT2D eigenvalue weighted by molar-refractivity contribution is 0.355. The molecule has 0 amide bonds. The molecule has 1 atom stereocenters. The van der Waals surface area contributed by atoms with Gasteiger partial charge in [-0.1, -0.05) is 30.3 Å². The largest absolute Gasteiger partial charge is 0.495 e. The molecular weight excluding hydrogens is 400 g/mol. The molecule has 0 aliphatic heterocycles. The van der Waals surface area contributed by atoms with Gasteiger partial charge in [0.1, 0.15) is 5.75 Å². The number of methoxy groups -OCH3 is 3. The van der Waals surface area contributed by atoms with Gasteiger partial charge in [0.2, 0.25) is 0 Å². The summed E-state index contributed by atoms with van der Waals surface area (Å²) in [6, 6.07) is 17.2. The first kappa shape index (κ1) is 21.6. The molecule has 0 heterocycles. The minimum absolute atomic E-state index is 0.220. The Kier molecular flexibility index (Phi) is 6.95. The van der Waals surface area contributed by atoms with Crippen LogP contribution in [-0.4, -0.2) is 56.1 Å². The average Bonchev–Trinajstić information content (AvgIpc) is 2.76. The molecule has 0 saturated heterocycles. The van der Waals surface area contributed by atoms with Crippen molar-refractivity contribution in [3.05, 3.63) is 60.2 Å². The van der Waals surface area contributed by atoms with E-state index in [1.165, 1.54) is 0 Å². The van der Waals surface area contributed by atoms with Crippen molar-refractivity contribution in [2.24, 2.45) is 5.10 Å². The molecule has 0 saturated carbocycles. The first-order chi connectivity index (χ1) is 14.5. The molecule has 7 heteroatoms. The summed E-state index contributed by atoms with van der Waals surface area (Å²) in [5, 5.41) is 8.22. The second-order valence-electron chi connectivity index (χ2n) is 6.77. The lowest BCUT2D eigenvalue weighted by Gasteiger charge is -2.16. The molecule has 6 nitrogen and oxygen atoms in total. The van der Waals surface area contributed by atoms with E-state index in [1.54, 1.807) is 26.3 Å². The summed E-state index contributed by atoms with van der Waals surface area (Å²) >= 11 is 0. The highest BCUT2D eigenvalue weighted by Gasteiger charge is 2.19. The van der Waals surface area contributed by atoms with Crippen molar-refractivity contribution in [1.29, 1.82) is 0 Å².